The highest BCUT2D eigenvalue weighted by atomic mass is 32.1. The topological polar surface area (TPSA) is 65.0 Å². The number of thiol groups is 1. The number of carbonyl (C=O) groups excluding carboxylic acids is 1. The zero-order valence-corrected chi connectivity index (χ0v) is 24.2. The van der Waals surface area contributed by atoms with Gasteiger partial charge in [0.15, 0.2) is 0 Å². The molecular formula is C34H39NO4S. The zero-order chi connectivity index (χ0) is 28.3. The number of nitroso groups, excluding NO2 is 1. The highest BCUT2D eigenvalue weighted by molar-refractivity contribution is 7.80. The minimum atomic E-state index is -0.403. The van der Waals surface area contributed by atoms with Crippen molar-refractivity contribution in [2.24, 2.45) is 5.18 Å². The fraction of sp³-hybridized carbons (Fsp3) is 0.382. The standard InChI is InChI=1S/C34H39NO4S/c1-24(2)34(36)39-21-19-31-23-26(7-18-33(31)38-22-20-35-37)4-3-25-5-8-27(9-6-25)28-10-12-29(13-11-28)30-14-16-32(40)17-15-30/h5-13,18,23,30,32,40H,1,3-4,14-17,19-22H2,2H3. The predicted molar refractivity (Wildman–Crippen MR) is 165 cm³/mol. The summed E-state index contributed by atoms with van der Waals surface area (Å²) in [7, 11) is 0. The summed E-state index contributed by atoms with van der Waals surface area (Å²) in [4.78, 5) is 22.2. The van der Waals surface area contributed by atoms with Gasteiger partial charge in [0.05, 0.1) is 6.61 Å². The van der Waals surface area contributed by atoms with Crippen LogP contribution in [0.3, 0.4) is 0 Å². The van der Waals surface area contributed by atoms with Crippen molar-refractivity contribution >= 4 is 18.6 Å². The number of aryl methyl sites for hydroxylation is 2. The van der Waals surface area contributed by atoms with Crippen LogP contribution in [0.2, 0.25) is 0 Å². The fourth-order valence-electron chi connectivity index (χ4n) is 5.20. The van der Waals surface area contributed by atoms with Crippen LogP contribution in [0.25, 0.3) is 11.1 Å². The lowest BCUT2D eigenvalue weighted by Gasteiger charge is -2.26. The number of hydrogen-bond acceptors (Lipinski definition) is 6. The van der Waals surface area contributed by atoms with Crippen molar-refractivity contribution in [2.75, 3.05) is 19.8 Å². The molecule has 0 spiro atoms. The average molecular weight is 558 g/mol. The monoisotopic (exact) mass is 557 g/mol. The minimum Gasteiger partial charge on any atom is -0.491 e. The summed E-state index contributed by atoms with van der Waals surface area (Å²) in [6, 6.07) is 24.0. The SMILES string of the molecule is C=C(C)C(=O)OCCc1cc(CCc2ccc(-c3ccc(C4CCC(S)CC4)cc3)cc2)ccc1OCCN=O. The lowest BCUT2D eigenvalue weighted by Crippen LogP contribution is -2.12. The molecule has 0 N–H and O–H groups in total. The second-order valence-corrected chi connectivity index (χ2v) is 11.4. The van der Waals surface area contributed by atoms with E-state index in [0.717, 1.165) is 18.4 Å². The van der Waals surface area contributed by atoms with Gasteiger partial charge in [-0.2, -0.15) is 17.5 Å². The lowest BCUT2D eigenvalue weighted by atomic mass is 9.83. The van der Waals surface area contributed by atoms with Crippen LogP contribution in [0.15, 0.2) is 84.1 Å². The van der Waals surface area contributed by atoms with Gasteiger partial charge in [-0.1, -0.05) is 72.4 Å². The van der Waals surface area contributed by atoms with E-state index in [1.807, 2.05) is 12.1 Å². The van der Waals surface area contributed by atoms with Crippen molar-refractivity contribution in [3.05, 3.63) is 106 Å². The van der Waals surface area contributed by atoms with Gasteiger partial charge < -0.3 is 9.47 Å². The summed E-state index contributed by atoms with van der Waals surface area (Å²) in [6.45, 7) is 5.78. The Kier molecular flexibility index (Phi) is 11.0. The van der Waals surface area contributed by atoms with Gasteiger partial charge in [-0.15, -0.1) is 0 Å². The van der Waals surface area contributed by atoms with Gasteiger partial charge in [-0.3, -0.25) is 0 Å². The van der Waals surface area contributed by atoms with Gasteiger partial charge in [0.1, 0.15) is 18.9 Å². The molecule has 3 aromatic carbocycles. The smallest absolute Gasteiger partial charge is 0.333 e. The van der Waals surface area contributed by atoms with E-state index in [1.54, 1.807) is 6.92 Å². The van der Waals surface area contributed by atoms with Crippen LogP contribution in [0.4, 0.5) is 0 Å². The lowest BCUT2D eigenvalue weighted by molar-refractivity contribution is -0.138. The van der Waals surface area contributed by atoms with E-state index >= 15 is 0 Å². The van der Waals surface area contributed by atoms with Crippen molar-refractivity contribution in [3.8, 4) is 16.9 Å². The van der Waals surface area contributed by atoms with E-state index in [2.05, 4.69) is 79.0 Å². The normalized spacial score (nSPS) is 16.8. The van der Waals surface area contributed by atoms with Crippen LogP contribution in [0.1, 0.15) is 60.8 Å². The molecule has 1 aliphatic carbocycles. The second-order valence-electron chi connectivity index (χ2n) is 10.6. The Bertz CT molecular complexity index is 1280. The summed E-state index contributed by atoms with van der Waals surface area (Å²) in [5.41, 5.74) is 7.69. The van der Waals surface area contributed by atoms with Crippen LogP contribution in [-0.2, 0) is 28.8 Å². The van der Waals surface area contributed by atoms with E-state index in [4.69, 9.17) is 9.47 Å². The first kappa shape index (κ1) is 29.6. The van der Waals surface area contributed by atoms with E-state index in [9.17, 15) is 9.70 Å². The highest BCUT2D eigenvalue weighted by Crippen LogP contribution is 2.35. The molecule has 0 aromatic heterocycles. The van der Waals surface area contributed by atoms with Crippen LogP contribution < -0.4 is 4.74 Å². The Hall–Kier alpha value is -3.38. The number of ether oxygens (including phenoxy) is 2. The molecule has 0 heterocycles. The molecule has 0 bridgehead atoms. The number of rotatable bonds is 13. The molecule has 0 atom stereocenters. The molecule has 1 aliphatic rings. The molecule has 1 saturated carbocycles. The molecule has 0 radical (unpaired) electrons. The number of hydrogen-bond donors (Lipinski definition) is 1. The highest BCUT2D eigenvalue weighted by Gasteiger charge is 2.20. The Labute approximate surface area is 243 Å². The van der Waals surface area contributed by atoms with Gasteiger partial charge in [0.2, 0.25) is 0 Å². The first-order valence-corrected chi connectivity index (χ1v) is 14.7. The van der Waals surface area contributed by atoms with Crippen molar-refractivity contribution in [1.82, 2.24) is 0 Å². The molecule has 5 nitrogen and oxygen atoms in total. The maximum absolute atomic E-state index is 11.8. The van der Waals surface area contributed by atoms with Crippen LogP contribution >= 0.6 is 12.6 Å². The number of esters is 1. The molecular weight excluding hydrogens is 518 g/mol. The van der Waals surface area contributed by atoms with Crippen molar-refractivity contribution in [3.63, 3.8) is 0 Å². The first-order valence-electron chi connectivity index (χ1n) is 14.2. The average Bonchev–Trinajstić information content (AvgIpc) is 2.98. The first-order chi connectivity index (χ1) is 19.4. The van der Waals surface area contributed by atoms with E-state index in [-0.39, 0.29) is 19.8 Å². The Morgan fingerprint density at radius 3 is 2.15 bits per heavy atom. The maximum Gasteiger partial charge on any atom is 0.333 e. The number of benzene rings is 3. The summed E-state index contributed by atoms with van der Waals surface area (Å²) < 4.78 is 11.0. The molecule has 0 amide bonds. The number of carbonyl (C=O) groups is 1. The third-order valence-corrected chi connectivity index (χ3v) is 8.10. The van der Waals surface area contributed by atoms with Crippen LogP contribution in [0, 0.1) is 4.91 Å². The quantitative estimate of drug-likeness (QED) is 0.0763. The van der Waals surface area contributed by atoms with Gasteiger partial charge >= 0.3 is 5.97 Å². The Morgan fingerprint density at radius 1 is 0.875 bits per heavy atom. The van der Waals surface area contributed by atoms with E-state index < -0.39 is 5.97 Å². The molecule has 6 heteroatoms. The molecule has 1 fully saturated rings. The zero-order valence-electron chi connectivity index (χ0n) is 23.3. The van der Waals surface area contributed by atoms with E-state index in [1.165, 1.54) is 53.5 Å². The van der Waals surface area contributed by atoms with Gasteiger partial charge in [0.25, 0.3) is 0 Å². The molecule has 40 heavy (non-hydrogen) atoms. The molecule has 3 aromatic rings. The third kappa shape index (κ3) is 8.56. The Morgan fingerprint density at radius 2 is 1.50 bits per heavy atom. The number of nitrogens with zero attached hydrogens (tertiary/aromatic N) is 1. The van der Waals surface area contributed by atoms with E-state index in [0.29, 0.717) is 28.9 Å². The van der Waals surface area contributed by atoms with Crippen LogP contribution in [-0.4, -0.2) is 31.0 Å². The van der Waals surface area contributed by atoms with Gasteiger partial charge in [0, 0.05) is 17.2 Å². The summed E-state index contributed by atoms with van der Waals surface area (Å²) >= 11 is 4.63. The molecule has 4 rings (SSSR count). The summed E-state index contributed by atoms with van der Waals surface area (Å²) in [6.07, 6.45) is 7.18. The van der Waals surface area contributed by atoms with Crippen molar-refractivity contribution < 1.29 is 14.3 Å². The fourth-order valence-corrected chi connectivity index (χ4v) is 5.50. The van der Waals surface area contributed by atoms with Crippen molar-refractivity contribution in [1.29, 1.82) is 0 Å². The molecule has 210 valence electrons. The Balaban J connectivity index is 1.35. The van der Waals surface area contributed by atoms with Crippen LogP contribution in [0.5, 0.6) is 5.75 Å². The predicted octanol–water partition coefficient (Wildman–Crippen LogP) is 7.90. The largest absolute Gasteiger partial charge is 0.491 e. The van der Waals surface area contributed by atoms with Gasteiger partial charge in [-0.25, -0.2) is 4.79 Å². The van der Waals surface area contributed by atoms with Crippen molar-refractivity contribution in [2.45, 2.75) is 63.0 Å². The van der Waals surface area contributed by atoms with Gasteiger partial charge in [-0.05, 0) is 90.8 Å². The maximum atomic E-state index is 11.8. The molecule has 0 saturated heterocycles. The molecule has 0 aliphatic heterocycles. The summed E-state index contributed by atoms with van der Waals surface area (Å²) in [5, 5.41) is 3.43. The summed E-state index contributed by atoms with van der Waals surface area (Å²) in [5.74, 6) is 0.948. The minimum absolute atomic E-state index is 0.0866. The third-order valence-electron chi connectivity index (χ3n) is 7.59. The second kappa shape index (κ2) is 14.8. The molecule has 0 unspecified atom stereocenters.